The maximum Gasteiger partial charge on any atom is 0.268 e. The number of anilines is 1. The monoisotopic (exact) mass is 280 g/mol. The van der Waals surface area contributed by atoms with Crippen molar-refractivity contribution < 1.29 is 0 Å². The number of hydrogen-bond donors (Lipinski definition) is 1. The van der Waals surface area contributed by atoms with Gasteiger partial charge in [0, 0.05) is 26.2 Å². The van der Waals surface area contributed by atoms with Crippen LogP contribution in [0.5, 0.6) is 0 Å². The van der Waals surface area contributed by atoms with Crippen LogP contribution in [0.3, 0.4) is 0 Å². The van der Waals surface area contributed by atoms with E-state index in [-0.39, 0.29) is 17.0 Å². The Morgan fingerprint density at radius 1 is 1.40 bits per heavy atom. The van der Waals surface area contributed by atoms with Gasteiger partial charge in [-0.25, -0.2) is 4.68 Å². The van der Waals surface area contributed by atoms with Crippen LogP contribution in [0.15, 0.2) is 17.1 Å². The second-order valence-electron chi connectivity index (χ2n) is 6.50. The highest BCUT2D eigenvalue weighted by Crippen LogP contribution is 2.20. The van der Waals surface area contributed by atoms with Gasteiger partial charge in [-0.1, -0.05) is 27.7 Å². The highest BCUT2D eigenvalue weighted by molar-refractivity contribution is 5.40. The van der Waals surface area contributed by atoms with Crippen molar-refractivity contribution in [1.82, 2.24) is 15.1 Å². The number of hydrogen-bond acceptors (Lipinski definition) is 4. The molecule has 0 saturated heterocycles. The summed E-state index contributed by atoms with van der Waals surface area (Å²) in [6, 6.07) is 1.85. The van der Waals surface area contributed by atoms with Crippen molar-refractivity contribution in [3.8, 4) is 0 Å². The third kappa shape index (κ3) is 4.63. The Morgan fingerprint density at radius 2 is 2.05 bits per heavy atom. The molecule has 1 aromatic heterocycles. The van der Waals surface area contributed by atoms with Crippen LogP contribution in [0.4, 0.5) is 5.69 Å². The standard InChI is InChI=1S/C15H28N4O/c1-7-8-16-13(15(2,3)4)11-19-14(20)9-12(10-17-19)18(5)6/h9-10,13,16H,7-8,11H2,1-6H3. The van der Waals surface area contributed by atoms with Crippen molar-refractivity contribution in [2.45, 2.75) is 46.7 Å². The Kier molecular flexibility index (Phi) is 5.74. The van der Waals surface area contributed by atoms with E-state index in [0.717, 1.165) is 18.7 Å². The summed E-state index contributed by atoms with van der Waals surface area (Å²) in [5, 5.41) is 7.80. The summed E-state index contributed by atoms with van der Waals surface area (Å²) in [5.74, 6) is 0. The highest BCUT2D eigenvalue weighted by Gasteiger charge is 2.25. The molecule has 1 atom stereocenters. The molecule has 0 aliphatic rings. The van der Waals surface area contributed by atoms with Crippen LogP contribution in [-0.2, 0) is 6.54 Å². The lowest BCUT2D eigenvalue weighted by atomic mass is 9.86. The van der Waals surface area contributed by atoms with E-state index in [0.29, 0.717) is 6.54 Å². The molecule has 0 aliphatic heterocycles. The van der Waals surface area contributed by atoms with Crippen molar-refractivity contribution in [2.24, 2.45) is 5.41 Å². The van der Waals surface area contributed by atoms with Gasteiger partial charge in [0.1, 0.15) is 0 Å². The zero-order valence-electron chi connectivity index (χ0n) is 13.6. The summed E-state index contributed by atoms with van der Waals surface area (Å²) >= 11 is 0. The third-order valence-electron chi connectivity index (χ3n) is 3.41. The average molecular weight is 280 g/mol. The summed E-state index contributed by atoms with van der Waals surface area (Å²) in [5.41, 5.74) is 0.861. The second-order valence-corrected chi connectivity index (χ2v) is 6.50. The van der Waals surface area contributed by atoms with Crippen molar-refractivity contribution in [1.29, 1.82) is 0 Å². The maximum atomic E-state index is 12.1. The van der Waals surface area contributed by atoms with E-state index in [1.54, 1.807) is 16.9 Å². The molecule has 0 radical (unpaired) electrons. The van der Waals surface area contributed by atoms with Crippen LogP contribution in [0.1, 0.15) is 34.1 Å². The van der Waals surface area contributed by atoms with E-state index in [1.807, 2.05) is 19.0 Å². The van der Waals surface area contributed by atoms with Gasteiger partial charge in [-0.05, 0) is 18.4 Å². The summed E-state index contributed by atoms with van der Waals surface area (Å²) < 4.78 is 1.55. The second kappa shape index (κ2) is 6.88. The molecule has 1 aromatic rings. The van der Waals surface area contributed by atoms with E-state index in [4.69, 9.17) is 0 Å². The van der Waals surface area contributed by atoms with E-state index >= 15 is 0 Å². The van der Waals surface area contributed by atoms with Crippen LogP contribution in [0.25, 0.3) is 0 Å². The fourth-order valence-corrected chi connectivity index (χ4v) is 1.94. The molecule has 0 aromatic carbocycles. The molecule has 20 heavy (non-hydrogen) atoms. The molecule has 1 N–H and O–H groups in total. The van der Waals surface area contributed by atoms with Crippen LogP contribution >= 0.6 is 0 Å². The Hall–Kier alpha value is -1.36. The molecule has 1 unspecified atom stereocenters. The Morgan fingerprint density at radius 3 is 2.50 bits per heavy atom. The fourth-order valence-electron chi connectivity index (χ4n) is 1.94. The molecule has 1 heterocycles. The molecule has 0 amide bonds. The normalized spacial score (nSPS) is 13.3. The van der Waals surface area contributed by atoms with Gasteiger partial charge >= 0.3 is 0 Å². The molecule has 0 bridgehead atoms. The first-order valence-electron chi connectivity index (χ1n) is 7.23. The quantitative estimate of drug-likeness (QED) is 0.862. The summed E-state index contributed by atoms with van der Waals surface area (Å²) in [7, 11) is 3.81. The van der Waals surface area contributed by atoms with E-state index < -0.39 is 0 Å². The predicted molar refractivity (Wildman–Crippen MR) is 84.4 cm³/mol. The number of nitrogens with one attached hydrogen (secondary N) is 1. The lowest BCUT2D eigenvalue weighted by molar-refractivity contribution is 0.233. The minimum atomic E-state index is -0.0521. The van der Waals surface area contributed by atoms with Crippen molar-refractivity contribution in [2.75, 3.05) is 25.5 Å². The molecule has 114 valence electrons. The van der Waals surface area contributed by atoms with Gasteiger partial charge in [0.15, 0.2) is 0 Å². The lowest BCUT2D eigenvalue weighted by Gasteiger charge is -2.31. The first-order chi connectivity index (χ1) is 9.25. The van der Waals surface area contributed by atoms with Crippen LogP contribution in [-0.4, -0.2) is 36.5 Å². The molecule has 5 heteroatoms. The van der Waals surface area contributed by atoms with Crippen LogP contribution in [0, 0.1) is 5.41 Å². The molecule has 0 fully saturated rings. The SMILES string of the molecule is CCCNC(Cn1ncc(N(C)C)cc1=O)C(C)(C)C. The van der Waals surface area contributed by atoms with Crippen LogP contribution in [0.2, 0.25) is 0 Å². The smallest absolute Gasteiger partial charge is 0.268 e. The molecule has 5 nitrogen and oxygen atoms in total. The summed E-state index contributed by atoms with van der Waals surface area (Å²) in [6.45, 7) is 10.2. The third-order valence-corrected chi connectivity index (χ3v) is 3.41. The molecular weight excluding hydrogens is 252 g/mol. The van der Waals surface area contributed by atoms with Crippen molar-refractivity contribution in [3.05, 3.63) is 22.6 Å². The van der Waals surface area contributed by atoms with Crippen LogP contribution < -0.4 is 15.8 Å². The van der Waals surface area contributed by atoms with Gasteiger partial charge in [-0.3, -0.25) is 4.79 Å². The van der Waals surface area contributed by atoms with E-state index in [2.05, 4.69) is 38.1 Å². The van der Waals surface area contributed by atoms with E-state index in [9.17, 15) is 4.79 Å². The molecular formula is C15H28N4O. The molecule has 0 spiro atoms. The van der Waals surface area contributed by atoms with Gasteiger partial charge in [-0.15, -0.1) is 0 Å². The summed E-state index contributed by atoms with van der Waals surface area (Å²) in [4.78, 5) is 14.0. The lowest BCUT2D eigenvalue weighted by Crippen LogP contribution is -2.46. The molecule has 0 aliphatic carbocycles. The highest BCUT2D eigenvalue weighted by atomic mass is 16.1. The van der Waals surface area contributed by atoms with Gasteiger partial charge in [0.05, 0.1) is 18.4 Å². The Balaban J connectivity index is 2.91. The van der Waals surface area contributed by atoms with E-state index in [1.165, 1.54) is 0 Å². The largest absolute Gasteiger partial charge is 0.376 e. The zero-order chi connectivity index (χ0) is 15.3. The first-order valence-corrected chi connectivity index (χ1v) is 7.23. The Bertz CT molecular complexity index is 473. The van der Waals surface area contributed by atoms with Gasteiger partial charge in [0.25, 0.3) is 5.56 Å². The maximum absolute atomic E-state index is 12.1. The van der Waals surface area contributed by atoms with Crippen molar-refractivity contribution in [3.63, 3.8) is 0 Å². The Labute approximate surface area is 122 Å². The topological polar surface area (TPSA) is 50.2 Å². The average Bonchev–Trinajstić information content (AvgIpc) is 2.34. The minimum absolute atomic E-state index is 0.0521. The van der Waals surface area contributed by atoms with Gasteiger partial charge in [-0.2, -0.15) is 5.10 Å². The number of aromatic nitrogens is 2. The first kappa shape index (κ1) is 16.7. The van der Waals surface area contributed by atoms with Crippen molar-refractivity contribution >= 4 is 5.69 Å². The molecule has 1 rings (SSSR count). The fraction of sp³-hybridized carbons (Fsp3) is 0.733. The summed E-state index contributed by atoms with van der Waals surface area (Å²) in [6.07, 6.45) is 2.81. The van der Waals surface area contributed by atoms with Gasteiger partial charge < -0.3 is 10.2 Å². The predicted octanol–water partition coefficient (Wildman–Crippen LogP) is 1.72. The minimum Gasteiger partial charge on any atom is -0.376 e. The zero-order valence-corrected chi connectivity index (χ0v) is 13.6. The van der Waals surface area contributed by atoms with Gasteiger partial charge in [0.2, 0.25) is 0 Å². The number of nitrogens with zero attached hydrogens (tertiary/aromatic N) is 3. The molecule has 0 saturated carbocycles. The number of rotatable bonds is 6.